The van der Waals surface area contributed by atoms with Gasteiger partial charge in [0.2, 0.25) is 5.95 Å². The molecule has 2 aromatic heterocycles. The lowest BCUT2D eigenvalue weighted by Gasteiger charge is -2.04. The van der Waals surface area contributed by atoms with Crippen molar-refractivity contribution >= 4 is 16.9 Å². The van der Waals surface area contributed by atoms with Crippen LogP contribution < -0.4 is 5.73 Å². The molecule has 0 aliphatic carbocycles. The number of rotatable bonds is 1. The van der Waals surface area contributed by atoms with E-state index in [1.807, 2.05) is 13.2 Å². The van der Waals surface area contributed by atoms with Crippen molar-refractivity contribution in [1.82, 2.24) is 19.7 Å². The molecule has 0 spiro atoms. The van der Waals surface area contributed by atoms with E-state index in [1.165, 1.54) is 12.1 Å². The Labute approximate surface area is 102 Å². The van der Waals surface area contributed by atoms with Gasteiger partial charge in [0.1, 0.15) is 5.82 Å². The lowest BCUT2D eigenvalue weighted by Crippen LogP contribution is -1.98. The summed E-state index contributed by atoms with van der Waals surface area (Å²) in [5.41, 5.74) is 7.61. The maximum atomic E-state index is 13.2. The van der Waals surface area contributed by atoms with E-state index in [0.29, 0.717) is 11.2 Å². The van der Waals surface area contributed by atoms with Crippen LogP contribution in [-0.2, 0) is 7.05 Å². The summed E-state index contributed by atoms with van der Waals surface area (Å²) < 4.78 is 14.9. The van der Waals surface area contributed by atoms with Crippen molar-refractivity contribution in [3.8, 4) is 11.3 Å². The van der Waals surface area contributed by atoms with Crippen molar-refractivity contribution in [2.45, 2.75) is 0 Å². The van der Waals surface area contributed by atoms with Gasteiger partial charge in [0.25, 0.3) is 0 Å². The lowest BCUT2D eigenvalue weighted by atomic mass is 10.1. The molecule has 2 heterocycles. The zero-order valence-electron chi connectivity index (χ0n) is 9.63. The first-order valence-corrected chi connectivity index (χ1v) is 5.35. The number of nitrogens with zero attached hydrogens (tertiary/aromatic N) is 4. The van der Waals surface area contributed by atoms with E-state index in [4.69, 9.17) is 5.73 Å². The zero-order valence-corrected chi connectivity index (χ0v) is 9.63. The highest BCUT2D eigenvalue weighted by Crippen LogP contribution is 2.26. The third-order valence-electron chi connectivity index (χ3n) is 2.65. The highest BCUT2D eigenvalue weighted by Gasteiger charge is 2.10. The van der Waals surface area contributed by atoms with Crippen LogP contribution in [-0.4, -0.2) is 19.7 Å². The fraction of sp³-hybridized carbons (Fsp3) is 0.0833. The maximum Gasteiger partial charge on any atom is 0.221 e. The molecule has 18 heavy (non-hydrogen) atoms. The summed E-state index contributed by atoms with van der Waals surface area (Å²) in [5.74, 6) is -0.232. The third kappa shape index (κ3) is 1.67. The number of nitrogen functional groups attached to an aromatic ring is 1. The molecule has 0 unspecified atom stereocenters. The number of anilines is 1. The molecule has 0 aliphatic rings. The van der Waals surface area contributed by atoms with Crippen LogP contribution in [0.4, 0.5) is 10.3 Å². The van der Waals surface area contributed by atoms with Gasteiger partial charge in [-0.1, -0.05) is 0 Å². The molecule has 0 radical (unpaired) electrons. The van der Waals surface area contributed by atoms with E-state index in [2.05, 4.69) is 15.1 Å². The third-order valence-corrected chi connectivity index (χ3v) is 2.65. The first-order valence-electron chi connectivity index (χ1n) is 5.35. The minimum absolute atomic E-state index is 0.118. The van der Waals surface area contributed by atoms with Crippen LogP contribution >= 0.6 is 0 Å². The Morgan fingerprint density at radius 2 is 2.11 bits per heavy atom. The van der Waals surface area contributed by atoms with E-state index in [9.17, 15) is 4.39 Å². The van der Waals surface area contributed by atoms with Crippen molar-refractivity contribution in [2.24, 2.45) is 7.05 Å². The summed E-state index contributed by atoms with van der Waals surface area (Å²) in [7, 11) is 1.82. The van der Waals surface area contributed by atoms with Crippen molar-refractivity contribution in [2.75, 3.05) is 5.73 Å². The number of hydrogen-bond donors (Lipinski definition) is 1. The number of aryl methyl sites for hydroxylation is 1. The Balaban J connectivity index is 2.34. The molecule has 2 N–H and O–H groups in total. The van der Waals surface area contributed by atoms with Crippen molar-refractivity contribution in [3.05, 3.63) is 36.4 Å². The van der Waals surface area contributed by atoms with E-state index >= 15 is 0 Å². The van der Waals surface area contributed by atoms with Crippen LogP contribution in [0, 0.1) is 5.82 Å². The molecule has 1 aromatic carbocycles. The van der Waals surface area contributed by atoms with E-state index in [1.54, 1.807) is 16.9 Å². The minimum Gasteiger partial charge on any atom is -0.368 e. The second-order valence-corrected chi connectivity index (χ2v) is 3.99. The topological polar surface area (TPSA) is 69.6 Å². The molecule has 0 atom stereocenters. The maximum absolute atomic E-state index is 13.2. The molecule has 3 rings (SSSR count). The Morgan fingerprint density at radius 1 is 1.28 bits per heavy atom. The number of aromatic nitrogens is 4. The first-order chi connectivity index (χ1) is 8.63. The SMILES string of the molecule is Cn1cc(-c2nc(N)nc3cc(F)ccc23)cn1. The van der Waals surface area contributed by atoms with Gasteiger partial charge in [-0.15, -0.1) is 0 Å². The molecule has 5 nitrogen and oxygen atoms in total. The van der Waals surface area contributed by atoms with Crippen molar-refractivity contribution < 1.29 is 4.39 Å². The highest BCUT2D eigenvalue weighted by atomic mass is 19.1. The van der Waals surface area contributed by atoms with Gasteiger partial charge < -0.3 is 5.73 Å². The number of benzene rings is 1. The summed E-state index contributed by atoms with van der Waals surface area (Å²) in [6.45, 7) is 0. The zero-order chi connectivity index (χ0) is 12.7. The summed E-state index contributed by atoms with van der Waals surface area (Å²) in [4.78, 5) is 8.23. The van der Waals surface area contributed by atoms with Crippen LogP contribution in [0.15, 0.2) is 30.6 Å². The molecule has 0 saturated carbocycles. The van der Waals surface area contributed by atoms with Gasteiger partial charge in [-0.05, 0) is 12.1 Å². The molecular weight excluding hydrogens is 233 g/mol. The number of hydrogen-bond acceptors (Lipinski definition) is 4. The number of halogens is 1. The Morgan fingerprint density at radius 3 is 2.83 bits per heavy atom. The predicted octanol–water partition coefficient (Wildman–Crippen LogP) is 1.75. The normalized spacial score (nSPS) is 11.0. The molecular formula is C12H10FN5. The van der Waals surface area contributed by atoms with Gasteiger partial charge in [-0.3, -0.25) is 4.68 Å². The van der Waals surface area contributed by atoms with Gasteiger partial charge in [0.15, 0.2) is 0 Å². The molecule has 0 saturated heterocycles. The standard InChI is InChI=1S/C12H10FN5/c1-18-6-7(5-15-18)11-9-3-2-8(13)4-10(9)16-12(14)17-11/h2-6H,1H3,(H2,14,16,17). The van der Waals surface area contributed by atoms with Gasteiger partial charge >= 0.3 is 0 Å². The van der Waals surface area contributed by atoms with Crippen molar-refractivity contribution in [1.29, 1.82) is 0 Å². The summed E-state index contributed by atoms with van der Waals surface area (Å²) in [6, 6.07) is 4.36. The summed E-state index contributed by atoms with van der Waals surface area (Å²) >= 11 is 0. The molecule has 90 valence electrons. The van der Waals surface area contributed by atoms with E-state index in [-0.39, 0.29) is 11.8 Å². The quantitative estimate of drug-likeness (QED) is 0.707. The largest absolute Gasteiger partial charge is 0.368 e. The van der Waals surface area contributed by atoms with E-state index < -0.39 is 0 Å². The monoisotopic (exact) mass is 243 g/mol. The van der Waals surface area contributed by atoms with Crippen LogP contribution in [0.1, 0.15) is 0 Å². The number of fused-ring (bicyclic) bond motifs is 1. The van der Waals surface area contributed by atoms with E-state index in [0.717, 1.165) is 10.9 Å². The average molecular weight is 243 g/mol. The second kappa shape index (κ2) is 3.76. The average Bonchev–Trinajstić information content (AvgIpc) is 2.74. The Hall–Kier alpha value is -2.50. The lowest BCUT2D eigenvalue weighted by molar-refractivity contribution is 0.629. The second-order valence-electron chi connectivity index (χ2n) is 3.99. The van der Waals surface area contributed by atoms with Crippen LogP contribution in [0.3, 0.4) is 0 Å². The molecule has 0 amide bonds. The van der Waals surface area contributed by atoms with Crippen LogP contribution in [0.25, 0.3) is 22.2 Å². The van der Waals surface area contributed by atoms with Crippen LogP contribution in [0.2, 0.25) is 0 Å². The summed E-state index contributed by atoms with van der Waals surface area (Å²) in [6.07, 6.45) is 3.51. The van der Waals surface area contributed by atoms with Crippen molar-refractivity contribution in [3.63, 3.8) is 0 Å². The molecule has 0 fully saturated rings. The van der Waals surface area contributed by atoms with Gasteiger partial charge in [0, 0.05) is 30.3 Å². The molecule has 3 aromatic rings. The molecule has 0 bridgehead atoms. The molecule has 6 heteroatoms. The molecule has 0 aliphatic heterocycles. The first kappa shape index (κ1) is 10.6. The van der Waals surface area contributed by atoms with Gasteiger partial charge in [-0.25, -0.2) is 14.4 Å². The number of nitrogens with two attached hydrogens (primary N) is 1. The fourth-order valence-electron chi connectivity index (χ4n) is 1.88. The minimum atomic E-state index is -0.349. The van der Waals surface area contributed by atoms with Gasteiger partial charge in [-0.2, -0.15) is 5.10 Å². The van der Waals surface area contributed by atoms with Crippen LogP contribution in [0.5, 0.6) is 0 Å². The predicted molar refractivity (Wildman–Crippen MR) is 66.1 cm³/mol. The van der Waals surface area contributed by atoms with Gasteiger partial charge in [0.05, 0.1) is 17.4 Å². The Bertz CT molecular complexity index is 729. The highest BCUT2D eigenvalue weighted by molar-refractivity contribution is 5.92. The fourth-order valence-corrected chi connectivity index (χ4v) is 1.88. The smallest absolute Gasteiger partial charge is 0.221 e. The summed E-state index contributed by atoms with van der Waals surface area (Å²) in [5, 5.41) is 4.84. The Kier molecular flexibility index (Phi) is 2.22.